The van der Waals surface area contributed by atoms with Crippen molar-refractivity contribution < 1.29 is 19.1 Å². The standard InChI is InChI=1S/C16H21NO4/c18-13-1-2-14(19)17(13)15(20)21-9-16-6-10-3-11(7-16)5-12(4-10)8-16/h10-12H,1-9H2. The van der Waals surface area contributed by atoms with Crippen molar-refractivity contribution in [1.29, 1.82) is 0 Å². The number of rotatable bonds is 2. The Bertz CT molecular complexity index is 461. The molecule has 4 saturated carbocycles. The summed E-state index contributed by atoms with van der Waals surface area (Å²) in [5.74, 6) is 1.55. The second kappa shape index (κ2) is 4.55. The summed E-state index contributed by atoms with van der Waals surface area (Å²) < 4.78 is 5.40. The molecule has 1 heterocycles. The number of hydrogen-bond acceptors (Lipinski definition) is 4. The molecule has 0 spiro atoms. The lowest BCUT2D eigenvalue weighted by Gasteiger charge is -2.56. The van der Waals surface area contributed by atoms with E-state index in [0.717, 1.165) is 37.0 Å². The van der Waals surface area contributed by atoms with Crippen molar-refractivity contribution in [2.24, 2.45) is 23.2 Å². The quantitative estimate of drug-likeness (QED) is 0.733. The van der Waals surface area contributed by atoms with Crippen LogP contribution >= 0.6 is 0 Å². The lowest BCUT2D eigenvalue weighted by molar-refractivity contribution is -0.137. The van der Waals surface area contributed by atoms with Crippen LogP contribution in [-0.4, -0.2) is 29.4 Å². The zero-order valence-corrected chi connectivity index (χ0v) is 12.2. The topological polar surface area (TPSA) is 63.7 Å². The summed E-state index contributed by atoms with van der Waals surface area (Å²) in [7, 11) is 0. The molecule has 5 nitrogen and oxygen atoms in total. The summed E-state index contributed by atoms with van der Waals surface area (Å²) in [4.78, 5) is 35.8. The van der Waals surface area contributed by atoms with Gasteiger partial charge in [-0.25, -0.2) is 4.79 Å². The maximum Gasteiger partial charge on any atom is 0.423 e. The molecule has 5 heteroatoms. The second-order valence-corrected chi connectivity index (χ2v) is 7.60. The van der Waals surface area contributed by atoms with Crippen LogP contribution in [0, 0.1) is 23.2 Å². The van der Waals surface area contributed by atoms with Gasteiger partial charge in [0.1, 0.15) is 0 Å². The van der Waals surface area contributed by atoms with E-state index in [9.17, 15) is 14.4 Å². The largest absolute Gasteiger partial charge is 0.448 e. The first-order valence-electron chi connectivity index (χ1n) is 8.07. The first kappa shape index (κ1) is 13.3. The minimum Gasteiger partial charge on any atom is -0.448 e. The molecular weight excluding hydrogens is 270 g/mol. The molecule has 4 aliphatic carbocycles. The molecule has 5 aliphatic rings. The average molecular weight is 291 g/mol. The highest BCUT2D eigenvalue weighted by Gasteiger charge is 2.51. The SMILES string of the molecule is O=C1CCC(=O)N1C(=O)OCC12CC3CC(CC(C3)C1)C2. The summed E-state index contributed by atoms with van der Waals surface area (Å²) in [6.45, 7) is 0.381. The van der Waals surface area contributed by atoms with Gasteiger partial charge in [0, 0.05) is 18.3 Å². The van der Waals surface area contributed by atoms with Crippen molar-refractivity contribution in [1.82, 2.24) is 4.90 Å². The fourth-order valence-corrected chi connectivity index (χ4v) is 5.53. The third-order valence-corrected chi connectivity index (χ3v) is 5.90. The van der Waals surface area contributed by atoms with E-state index in [0.29, 0.717) is 11.5 Å². The summed E-state index contributed by atoms with van der Waals surface area (Å²) in [5.41, 5.74) is 0.121. The Morgan fingerprint density at radius 3 is 1.95 bits per heavy atom. The van der Waals surface area contributed by atoms with Crippen molar-refractivity contribution in [2.45, 2.75) is 51.4 Å². The van der Waals surface area contributed by atoms with Gasteiger partial charge >= 0.3 is 6.09 Å². The number of likely N-dealkylation sites (tertiary alicyclic amines) is 1. The van der Waals surface area contributed by atoms with Crippen molar-refractivity contribution in [3.8, 4) is 0 Å². The van der Waals surface area contributed by atoms with Crippen molar-refractivity contribution in [3.63, 3.8) is 0 Å². The molecule has 0 N–H and O–H groups in total. The monoisotopic (exact) mass is 291 g/mol. The molecule has 0 aromatic rings. The van der Waals surface area contributed by atoms with Crippen LogP contribution in [0.2, 0.25) is 0 Å². The normalized spacial score (nSPS) is 41.0. The molecule has 21 heavy (non-hydrogen) atoms. The predicted octanol–water partition coefficient (Wildman–Crippen LogP) is 2.49. The zero-order chi connectivity index (χ0) is 14.6. The Hall–Kier alpha value is -1.39. The summed E-state index contributed by atoms with van der Waals surface area (Å²) >= 11 is 0. The van der Waals surface area contributed by atoms with E-state index >= 15 is 0 Å². The van der Waals surface area contributed by atoms with Gasteiger partial charge in [-0.3, -0.25) is 9.59 Å². The molecule has 0 radical (unpaired) electrons. The average Bonchev–Trinajstić information content (AvgIpc) is 2.74. The van der Waals surface area contributed by atoms with Gasteiger partial charge in [-0.05, 0) is 56.3 Å². The molecule has 1 aliphatic heterocycles. The van der Waals surface area contributed by atoms with E-state index in [2.05, 4.69) is 0 Å². The summed E-state index contributed by atoms with van der Waals surface area (Å²) in [6.07, 6.45) is 6.98. The smallest absolute Gasteiger partial charge is 0.423 e. The number of ether oxygens (including phenoxy) is 1. The van der Waals surface area contributed by atoms with Crippen molar-refractivity contribution >= 4 is 17.9 Å². The molecule has 5 rings (SSSR count). The number of nitrogens with zero attached hydrogens (tertiary/aromatic N) is 1. The highest BCUT2D eigenvalue weighted by atomic mass is 16.6. The number of imide groups is 3. The van der Waals surface area contributed by atoms with Crippen molar-refractivity contribution in [2.75, 3.05) is 6.61 Å². The van der Waals surface area contributed by atoms with E-state index in [1.165, 1.54) is 19.3 Å². The number of carbonyl (C=O) groups excluding carboxylic acids is 3. The minimum absolute atomic E-state index is 0.121. The van der Waals surface area contributed by atoms with Crippen LogP contribution in [0.4, 0.5) is 4.79 Å². The molecule has 0 aromatic heterocycles. The van der Waals surface area contributed by atoms with Crippen LogP contribution < -0.4 is 0 Å². The highest BCUT2D eigenvalue weighted by molar-refractivity contribution is 6.13. The Balaban J connectivity index is 1.41. The summed E-state index contributed by atoms with van der Waals surface area (Å²) in [6, 6.07) is 0. The molecule has 5 fully saturated rings. The maximum atomic E-state index is 12.0. The van der Waals surface area contributed by atoms with E-state index < -0.39 is 17.9 Å². The molecule has 0 unspecified atom stereocenters. The maximum absolute atomic E-state index is 12.0. The van der Waals surface area contributed by atoms with E-state index in [1.54, 1.807) is 0 Å². The lowest BCUT2D eigenvalue weighted by atomic mass is 9.50. The Labute approximate surface area is 124 Å². The van der Waals surface area contributed by atoms with E-state index in [4.69, 9.17) is 4.74 Å². The Morgan fingerprint density at radius 2 is 1.48 bits per heavy atom. The minimum atomic E-state index is -0.752. The van der Waals surface area contributed by atoms with Gasteiger partial charge in [0.2, 0.25) is 11.8 Å². The van der Waals surface area contributed by atoms with Crippen LogP contribution in [-0.2, 0) is 14.3 Å². The first-order valence-corrected chi connectivity index (χ1v) is 8.07. The van der Waals surface area contributed by atoms with Gasteiger partial charge in [0.15, 0.2) is 0 Å². The molecule has 0 aromatic carbocycles. The molecule has 114 valence electrons. The second-order valence-electron chi connectivity index (χ2n) is 7.60. The van der Waals surface area contributed by atoms with Crippen LogP contribution in [0.25, 0.3) is 0 Å². The summed E-state index contributed by atoms with van der Waals surface area (Å²) in [5, 5.41) is 0. The van der Waals surface area contributed by atoms with Crippen LogP contribution in [0.3, 0.4) is 0 Å². The molecule has 0 atom stereocenters. The molecule has 4 bridgehead atoms. The predicted molar refractivity (Wildman–Crippen MR) is 73.0 cm³/mol. The number of carbonyl (C=O) groups is 3. The van der Waals surface area contributed by atoms with Crippen LogP contribution in [0.15, 0.2) is 0 Å². The third-order valence-electron chi connectivity index (χ3n) is 5.90. The number of hydrogen-bond donors (Lipinski definition) is 0. The van der Waals surface area contributed by atoms with Gasteiger partial charge < -0.3 is 4.74 Å². The van der Waals surface area contributed by atoms with E-state index in [-0.39, 0.29) is 18.3 Å². The molecule has 3 amide bonds. The van der Waals surface area contributed by atoms with Gasteiger partial charge in [-0.1, -0.05) is 0 Å². The van der Waals surface area contributed by atoms with Gasteiger partial charge in [0.25, 0.3) is 0 Å². The zero-order valence-electron chi connectivity index (χ0n) is 12.2. The Morgan fingerprint density at radius 1 is 1.00 bits per heavy atom. The van der Waals surface area contributed by atoms with Gasteiger partial charge in [-0.15, -0.1) is 0 Å². The third kappa shape index (κ3) is 2.17. The Kier molecular flexibility index (Phi) is 2.88. The highest BCUT2D eigenvalue weighted by Crippen LogP contribution is 2.60. The van der Waals surface area contributed by atoms with Gasteiger partial charge in [-0.2, -0.15) is 4.90 Å². The first-order chi connectivity index (χ1) is 10.0. The fraction of sp³-hybridized carbons (Fsp3) is 0.812. The van der Waals surface area contributed by atoms with Crippen molar-refractivity contribution in [3.05, 3.63) is 0 Å². The van der Waals surface area contributed by atoms with Crippen LogP contribution in [0.5, 0.6) is 0 Å². The van der Waals surface area contributed by atoms with E-state index in [1.807, 2.05) is 0 Å². The van der Waals surface area contributed by atoms with Gasteiger partial charge in [0.05, 0.1) is 6.61 Å². The molecular formula is C16H21NO4. The molecule has 1 saturated heterocycles. The lowest BCUT2D eigenvalue weighted by Crippen LogP contribution is -2.49. The fourth-order valence-electron chi connectivity index (χ4n) is 5.53. The van der Waals surface area contributed by atoms with Crippen LogP contribution in [0.1, 0.15) is 51.4 Å². The number of amides is 3.